The maximum atomic E-state index is 3.74. The highest BCUT2D eigenvalue weighted by atomic mass is 15.1. The average Bonchev–Trinajstić information content (AvgIpc) is 2.79. The number of likely N-dealkylation sites (tertiary alicyclic amines) is 1. The molecule has 0 amide bonds. The van der Waals surface area contributed by atoms with Crippen molar-refractivity contribution < 1.29 is 0 Å². The van der Waals surface area contributed by atoms with Gasteiger partial charge in [0.2, 0.25) is 0 Å². The van der Waals surface area contributed by atoms with Gasteiger partial charge in [0.05, 0.1) is 0 Å². The average molecular weight is 272 g/mol. The SMILES string of the molecule is CN1CCCC(c2ccccc2C2(C)CCCN2)CC1. The molecule has 2 saturated heterocycles. The number of hydrogen-bond donors (Lipinski definition) is 1. The molecule has 2 atom stereocenters. The second-order valence-corrected chi connectivity index (χ2v) is 6.88. The van der Waals surface area contributed by atoms with E-state index in [4.69, 9.17) is 0 Å². The molecule has 3 rings (SSSR count). The largest absolute Gasteiger partial charge is 0.308 e. The molecule has 0 saturated carbocycles. The minimum Gasteiger partial charge on any atom is -0.308 e. The maximum Gasteiger partial charge on any atom is 0.0409 e. The standard InChI is InChI=1S/C18H28N2/c1-18(11-6-12-19-18)17-9-4-3-8-16(17)15-7-5-13-20(2)14-10-15/h3-4,8-9,15,19H,5-7,10-14H2,1-2H3. The molecule has 2 aliphatic heterocycles. The predicted octanol–water partition coefficient (Wildman–Crippen LogP) is 3.48. The highest BCUT2D eigenvalue weighted by Gasteiger charge is 2.33. The van der Waals surface area contributed by atoms with Gasteiger partial charge in [-0.05, 0) is 82.8 Å². The van der Waals surface area contributed by atoms with Crippen molar-refractivity contribution in [2.45, 2.75) is 50.5 Å². The molecule has 2 heterocycles. The van der Waals surface area contributed by atoms with Gasteiger partial charge in [-0.25, -0.2) is 0 Å². The lowest BCUT2D eigenvalue weighted by molar-refractivity contribution is 0.347. The van der Waals surface area contributed by atoms with Crippen LogP contribution in [0.25, 0.3) is 0 Å². The summed E-state index contributed by atoms with van der Waals surface area (Å²) in [5.74, 6) is 0.746. The Morgan fingerprint density at radius 1 is 1.15 bits per heavy atom. The normalized spacial score (nSPS) is 32.2. The third kappa shape index (κ3) is 2.77. The molecule has 1 aromatic rings. The van der Waals surface area contributed by atoms with Crippen LogP contribution >= 0.6 is 0 Å². The number of benzene rings is 1. The van der Waals surface area contributed by atoms with E-state index < -0.39 is 0 Å². The van der Waals surface area contributed by atoms with Crippen molar-refractivity contribution in [3.8, 4) is 0 Å². The van der Waals surface area contributed by atoms with Crippen molar-refractivity contribution in [1.82, 2.24) is 10.2 Å². The van der Waals surface area contributed by atoms with E-state index in [-0.39, 0.29) is 5.54 Å². The summed E-state index contributed by atoms with van der Waals surface area (Å²) in [6.07, 6.45) is 6.57. The topological polar surface area (TPSA) is 15.3 Å². The smallest absolute Gasteiger partial charge is 0.0409 e. The van der Waals surface area contributed by atoms with Crippen LogP contribution in [0.4, 0.5) is 0 Å². The molecule has 2 fully saturated rings. The molecule has 0 spiro atoms. The quantitative estimate of drug-likeness (QED) is 0.886. The van der Waals surface area contributed by atoms with E-state index in [0.29, 0.717) is 0 Å². The third-order valence-electron chi connectivity index (χ3n) is 5.32. The van der Waals surface area contributed by atoms with Crippen LogP contribution in [0.3, 0.4) is 0 Å². The first-order chi connectivity index (χ1) is 9.69. The molecule has 110 valence electrons. The Kier molecular flexibility index (Phi) is 4.13. The fraction of sp³-hybridized carbons (Fsp3) is 0.667. The van der Waals surface area contributed by atoms with Crippen LogP contribution in [0.5, 0.6) is 0 Å². The van der Waals surface area contributed by atoms with Gasteiger partial charge in [-0.15, -0.1) is 0 Å². The van der Waals surface area contributed by atoms with Gasteiger partial charge >= 0.3 is 0 Å². The highest BCUT2D eigenvalue weighted by molar-refractivity contribution is 5.37. The fourth-order valence-corrected chi connectivity index (χ4v) is 4.03. The van der Waals surface area contributed by atoms with Crippen LogP contribution in [0.15, 0.2) is 24.3 Å². The fourth-order valence-electron chi connectivity index (χ4n) is 4.03. The molecule has 2 unspecified atom stereocenters. The molecule has 0 bridgehead atoms. The van der Waals surface area contributed by atoms with Gasteiger partial charge in [-0.1, -0.05) is 24.3 Å². The molecule has 2 aliphatic rings. The lowest BCUT2D eigenvalue weighted by atomic mass is 9.80. The van der Waals surface area contributed by atoms with Crippen molar-refractivity contribution in [1.29, 1.82) is 0 Å². The summed E-state index contributed by atoms with van der Waals surface area (Å²) in [4.78, 5) is 2.48. The van der Waals surface area contributed by atoms with Gasteiger partial charge in [0.1, 0.15) is 0 Å². The first kappa shape index (κ1) is 14.1. The Labute approximate surface area is 123 Å². The van der Waals surface area contributed by atoms with Gasteiger partial charge in [-0.3, -0.25) is 0 Å². The summed E-state index contributed by atoms with van der Waals surface area (Å²) in [7, 11) is 2.26. The van der Waals surface area contributed by atoms with Crippen molar-refractivity contribution >= 4 is 0 Å². The van der Waals surface area contributed by atoms with E-state index in [0.717, 1.165) is 12.5 Å². The molecule has 2 heteroatoms. The molecule has 0 aliphatic carbocycles. The number of hydrogen-bond acceptors (Lipinski definition) is 2. The lowest BCUT2D eigenvalue weighted by Crippen LogP contribution is -2.34. The summed E-state index contributed by atoms with van der Waals surface area (Å²) in [6, 6.07) is 9.19. The zero-order valence-electron chi connectivity index (χ0n) is 13.0. The monoisotopic (exact) mass is 272 g/mol. The first-order valence-corrected chi connectivity index (χ1v) is 8.22. The number of rotatable bonds is 2. The Hall–Kier alpha value is -0.860. The Bertz CT molecular complexity index is 448. The van der Waals surface area contributed by atoms with E-state index in [1.807, 2.05) is 0 Å². The van der Waals surface area contributed by atoms with Crippen molar-refractivity contribution in [3.63, 3.8) is 0 Å². The van der Waals surface area contributed by atoms with Crippen LogP contribution in [0.2, 0.25) is 0 Å². The molecule has 0 aromatic heterocycles. The number of nitrogens with zero attached hydrogens (tertiary/aromatic N) is 1. The van der Waals surface area contributed by atoms with Crippen LogP contribution in [-0.2, 0) is 5.54 Å². The van der Waals surface area contributed by atoms with Crippen LogP contribution in [0.1, 0.15) is 56.1 Å². The molecule has 2 nitrogen and oxygen atoms in total. The lowest BCUT2D eigenvalue weighted by Gasteiger charge is -2.30. The molecular formula is C18H28N2. The first-order valence-electron chi connectivity index (χ1n) is 8.22. The van der Waals surface area contributed by atoms with E-state index in [1.54, 1.807) is 11.1 Å². The predicted molar refractivity (Wildman–Crippen MR) is 85.1 cm³/mol. The molecule has 1 N–H and O–H groups in total. The second kappa shape index (κ2) is 5.87. The van der Waals surface area contributed by atoms with Gasteiger partial charge in [0.25, 0.3) is 0 Å². The summed E-state index contributed by atoms with van der Waals surface area (Å²) < 4.78 is 0. The summed E-state index contributed by atoms with van der Waals surface area (Å²) in [5.41, 5.74) is 3.38. The summed E-state index contributed by atoms with van der Waals surface area (Å²) >= 11 is 0. The van der Waals surface area contributed by atoms with Crippen molar-refractivity contribution in [2.24, 2.45) is 0 Å². The van der Waals surface area contributed by atoms with E-state index in [9.17, 15) is 0 Å². The third-order valence-corrected chi connectivity index (χ3v) is 5.32. The van der Waals surface area contributed by atoms with Gasteiger partial charge in [0.15, 0.2) is 0 Å². The maximum absolute atomic E-state index is 3.74. The van der Waals surface area contributed by atoms with E-state index >= 15 is 0 Å². The second-order valence-electron chi connectivity index (χ2n) is 6.88. The zero-order valence-corrected chi connectivity index (χ0v) is 13.0. The van der Waals surface area contributed by atoms with E-state index in [1.165, 1.54) is 45.2 Å². The van der Waals surface area contributed by atoms with Gasteiger partial charge < -0.3 is 10.2 Å². The van der Waals surface area contributed by atoms with Crippen LogP contribution in [-0.4, -0.2) is 31.6 Å². The summed E-state index contributed by atoms with van der Waals surface area (Å²) in [5, 5.41) is 3.74. The minimum absolute atomic E-state index is 0.203. The number of nitrogens with one attached hydrogen (secondary N) is 1. The van der Waals surface area contributed by atoms with Crippen molar-refractivity contribution in [3.05, 3.63) is 35.4 Å². The molecule has 0 radical (unpaired) electrons. The summed E-state index contributed by atoms with van der Waals surface area (Å²) in [6.45, 7) is 6.05. The molecule has 1 aromatic carbocycles. The Morgan fingerprint density at radius 2 is 2.00 bits per heavy atom. The Morgan fingerprint density at radius 3 is 2.80 bits per heavy atom. The van der Waals surface area contributed by atoms with Gasteiger partial charge in [-0.2, -0.15) is 0 Å². The molecule has 20 heavy (non-hydrogen) atoms. The van der Waals surface area contributed by atoms with Crippen molar-refractivity contribution in [2.75, 3.05) is 26.7 Å². The minimum atomic E-state index is 0.203. The van der Waals surface area contributed by atoms with Crippen LogP contribution < -0.4 is 5.32 Å². The molecular weight excluding hydrogens is 244 g/mol. The zero-order chi connectivity index (χ0) is 14.0. The van der Waals surface area contributed by atoms with Crippen LogP contribution in [0, 0.1) is 0 Å². The van der Waals surface area contributed by atoms with Gasteiger partial charge in [0, 0.05) is 5.54 Å². The highest BCUT2D eigenvalue weighted by Crippen LogP contribution is 2.38. The van der Waals surface area contributed by atoms with E-state index in [2.05, 4.69) is 48.5 Å². The Balaban J connectivity index is 1.89.